The molecule has 3 aromatic carbocycles. The fraction of sp³-hybridized carbons (Fsp3) is 0.263. The van der Waals surface area contributed by atoms with Crippen LogP contribution in [0.4, 0.5) is 26.3 Å². The Bertz CT molecular complexity index is 1970. The first-order chi connectivity index (χ1) is 25.3. The number of carbonyl (C=O) groups excluding carboxylic acids is 2. The van der Waals surface area contributed by atoms with Gasteiger partial charge in [-0.2, -0.15) is 8.78 Å². The topological polar surface area (TPSA) is 90.9 Å². The van der Waals surface area contributed by atoms with E-state index in [4.69, 9.17) is 9.26 Å². The molecule has 15 heteroatoms. The molecule has 1 N–H and O–H groups in total. The highest BCUT2D eigenvalue weighted by molar-refractivity contribution is 7.57. The molecule has 1 saturated carbocycles. The van der Waals surface area contributed by atoms with Gasteiger partial charge in [-0.3, -0.25) is 9.36 Å². The molecular formula is C38H38F6NO6PS. The van der Waals surface area contributed by atoms with Crippen LogP contribution < -0.4 is 14.3 Å². The van der Waals surface area contributed by atoms with E-state index in [9.17, 15) is 36.1 Å². The number of hydrogen-bond acceptors (Lipinski definition) is 7. The van der Waals surface area contributed by atoms with Crippen molar-refractivity contribution >= 4 is 40.9 Å². The summed E-state index contributed by atoms with van der Waals surface area (Å²) in [4.78, 5) is 24.8. The summed E-state index contributed by atoms with van der Waals surface area (Å²) in [6.45, 7) is 10.9. The smallest absolute Gasteiger partial charge is 0.355 e. The molecule has 1 aromatic heterocycles. The second kappa shape index (κ2) is 20.0. The first kappa shape index (κ1) is 42.8. The van der Waals surface area contributed by atoms with Gasteiger partial charge in [0.15, 0.2) is 0 Å². The number of rotatable bonds is 12. The van der Waals surface area contributed by atoms with E-state index in [1.165, 1.54) is 37.3 Å². The van der Waals surface area contributed by atoms with Crippen LogP contribution in [0.5, 0.6) is 11.5 Å². The van der Waals surface area contributed by atoms with Gasteiger partial charge in [-0.1, -0.05) is 75.1 Å². The van der Waals surface area contributed by atoms with Crippen molar-refractivity contribution in [2.24, 2.45) is 0 Å². The van der Waals surface area contributed by atoms with Gasteiger partial charge in [-0.15, -0.1) is 11.3 Å². The normalized spacial score (nSPS) is 14.9. The van der Waals surface area contributed by atoms with Crippen LogP contribution in [-0.2, 0) is 14.1 Å². The van der Waals surface area contributed by atoms with Gasteiger partial charge in [0.25, 0.3) is 0 Å². The van der Waals surface area contributed by atoms with E-state index >= 15 is 4.39 Å². The number of fused-ring (bicyclic) bond motifs is 1. The van der Waals surface area contributed by atoms with E-state index in [-0.39, 0.29) is 27.7 Å². The number of benzene rings is 3. The lowest BCUT2D eigenvalue weighted by molar-refractivity contribution is -0.154. The minimum Gasteiger partial charge on any atom is -0.461 e. The molecule has 1 aliphatic rings. The number of halogens is 6. The maximum atomic E-state index is 16.1. The molecule has 0 bridgehead atoms. The molecule has 3 unspecified atom stereocenters. The molecular weight excluding hydrogens is 743 g/mol. The summed E-state index contributed by atoms with van der Waals surface area (Å²) < 4.78 is 114. The van der Waals surface area contributed by atoms with Crippen LogP contribution in [0.2, 0.25) is 0 Å². The molecule has 3 atom stereocenters. The molecule has 5 rings (SSSR count). The van der Waals surface area contributed by atoms with Crippen LogP contribution in [0, 0.1) is 29.1 Å². The first-order valence-corrected chi connectivity index (χ1v) is 18.9. The van der Waals surface area contributed by atoms with E-state index < -0.39 is 66.2 Å². The highest BCUT2D eigenvalue weighted by atomic mass is 32.1. The van der Waals surface area contributed by atoms with Crippen LogP contribution >= 0.6 is 18.9 Å². The van der Waals surface area contributed by atoms with Gasteiger partial charge in [-0.25, -0.2) is 27.4 Å². The maximum Gasteiger partial charge on any atom is 0.355 e. The minimum absolute atomic E-state index is 0.0558. The van der Waals surface area contributed by atoms with Crippen molar-refractivity contribution in [2.75, 3.05) is 0 Å². The van der Waals surface area contributed by atoms with Crippen LogP contribution in [0.3, 0.4) is 0 Å². The predicted molar refractivity (Wildman–Crippen MR) is 193 cm³/mol. The van der Waals surface area contributed by atoms with Gasteiger partial charge < -0.3 is 14.0 Å². The highest BCUT2D eigenvalue weighted by Gasteiger charge is 2.41. The zero-order chi connectivity index (χ0) is 39.3. The largest absolute Gasteiger partial charge is 0.461 e. The fourth-order valence-electron chi connectivity index (χ4n) is 4.43. The zero-order valence-electron chi connectivity index (χ0n) is 29.2. The van der Waals surface area contributed by atoms with Crippen molar-refractivity contribution in [2.45, 2.75) is 65.0 Å². The van der Waals surface area contributed by atoms with Gasteiger partial charge >= 0.3 is 19.5 Å². The van der Waals surface area contributed by atoms with Gasteiger partial charge in [-0.05, 0) is 74.4 Å². The van der Waals surface area contributed by atoms with Crippen molar-refractivity contribution in [1.82, 2.24) is 5.09 Å². The molecule has 0 saturated heterocycles. The lowest BCUT2D eigenvalue weighted by Gasteiger charge is -2.29. The Morgan fingerprint density at radius 2 is 1.55 bits per heavy atom. The monoisotopic (exact) mass is 781 g/mol. The number of nitrogens with one attached hydrogen (secondary N) is 1. The Hall–Kier alpha value is -4.65. The fourth-order valence-corrected chi connectivity index (χ4v) is 7.26. The number of alkyl halides is 1. The first-order valence-electron chi connectivity index (χ1n) is 16.4. The Labute approximate surface area is 307 Å². The van der Waals surface area contributed by atoms with Crippen molar-refractivity contribution in [3.8, 4) is 11.5 Å². The number of carbonyl (C=O) groups is 2. The van der Waals surface area contributed by atoms with Crippen LogP contribution in [0.1, 0.15) is 68.1 Å². The van der Waals surface area contributed by atoms with Crippen LogP contribution in [0.25, 0.3) is 10.1 Å². The number of allylic oxidation sites excluding steroid dienone is 5. The summed E-state index contributed by atoms with van der Waals surface area (Å²) in [5, 5.41) is 2.67. The molecule has 0 spiro atoms. The lowest BCUT2D eigenvalue weighted by atomic mass is 9.96. The molecule has 1 heterocycles. The molecule has 0 amide bonds. The van der Waals surface area contributed by atoms with Gasteiger partial charge in [0.2, 0.25) is 40.7 Å². The van der Waals surface area contributed by atoms with Gasteiger partial charge in [0.1, 0.15) is 22.8 Å². The SMILES string of the molecule is C=C/C=C\C=C/C.CC.CC(NP(=O)(Oc1ccccc1)C(F)c1ccc2sc(C(=O)Oc3c(F)c(F)c(F)c(F)c3F)cc2c1)C(=O)OC1CCC1. The number of hydrogen-bond donors (Lipinski definition) is 1. The lowest BCUT2D eigenvalue weighted by Crippen LogP contribution is -2.38. The number of esters is 2. The van der Waals surface area contributed by atoms with Crippen LogP contribution in [0.15, 0.2) is 91.6 Å². The summed E-state index contributed by atoms with van der Waals surface area (Å²) >= 11 is 0.726. The minimum atomic E-state index is -4.55. The molecule has 284 valence electrons. The molecule has 53 heavy (non-hydrogen) atoms. The Balaban J connectivity index is 0.000000754. The summed E-state index contributed by atoms with van der Waals surface area (Å²) in [6.07, 6.45) is 11.5. The average molecular weight is 782 g/mol. The zero-order valence-corrected chi connectivity index (χ0v) is 30.9. The second-order valence-corrected chi connectivity index (χ2v) is 14.2. The summed E-state index contributed by atoms with van der Waals surface area (Å²) in [7, 11) is -4.55. The third kappa shape index (κ3) is 10.9. The summed E-state index contributed by atoms with van der Waals surface area (Å²) in [6, 6.07) is 11.5. The van der Waals surface area contributed by atoms with E-state index in [1.54, 1.807) is 24.3 Å². The van der Waals surface area contributed by atoms with Gasteiger partial charge in [0.05, 0.1) is 0 Å². The molecule has 1 fully saturated rings. The molecule has 4 aromatic rings. The third-order valence-corrected chi connectivity index (χ3v) is 10.5. The molecule has 0 radical (unpaired) electrons. The van der Waals surface area contributed by atoms with E-state index in [0.717, 1.165) is 23.8 Å². The van der Waals surface area contributed by atoms with Crippen molar-refractivity contribution in [3.63, 3.8) is 0 Å². The summed E-state index contributed by atoms with van der Waals surface area (Å²) in [5.74, 6) is -17.9. The average Bonchev–Trinajstić information content (AvgIpc) is 3.58. The Morgan fingerprint density at radius 3 is 2.11 bits per heavy atom. The van der Waals surface area contributed by atoms with Crippen molar-refractivity contribution in [1.29, 1.82) is 0 Å². The number of para-hydroxylation sites is 1. The van der Waals surface area contributed by atoms with Crippen molar-refractivity contribution < 1.29 is 54.5 Å². The van der Waals surface area contributed by atoms with E-state index in [2.05, 4.69) is 16.4 Å². The standard InChI is InChI=1S/C29H22F6NO6PS.C7H10.C2H6/c1-14(28(37)40-17-8-5-9-17)36-43(39,42-18-6-3-2-4-7-18)27(35)15-10-11-19-16(12-15)13-20(44-19)29(38)41-26-24(33)22(31)21(30)23(32)25(26)34;1-3-5-7-6-4-2;1-2/h2-4,6-7,10-14,17,27H,5,8-9H2,1H3,(H,36,39);3-7H,1H2,2H3;1-2H3/b;6-4-,7-5-;. The quantitative estimate of drug-likeness (QED) is 0.0291. The maximum absolute atomic E-state index is 16.1. The highest BCUT2D eigenvalue weighted by Crippen LogP contribution is 2.58. The van der Waals surface area contributed by atoms with Crippen molar-refractivity contribution in [3.05, 3.63) is 131 Å². The second-order valence-electron chi connectivity index (χ2n) is 11.0. The number of ether oxygens (including phenoxy) is 2. The third-order valence-electron chi connectivity index (χ3n) is 7.28. The van der Waals surface area contributed by atoms with Crippen LogP contribution in [-0.4, -0.2) is 24.1 Å². The summed E-state index contributed by atoms with van der Waals surface area (Å²) in [5.41, 5.74) is -0.179. The van der Waals surface area contributed by atoms with E-state index in [0.29, 0.717) is 17.5 Å². The molecule has 0 aliphatic heterocycles. The number of thiophene rings is 1. The molecule has 1 aliphatic carbocycles. The Kier molecular flexibility index (Phi) is 16.1. The molecule has 7 nitrogen and oxygen atoms in total. The van der Waals surface area contributed by atoms with E-state index in [1.807, 2.05) is 45.1 Å². The predicted octanol–water partition coefficient (Wildman–Crippen LogP) is 11.5. The van der Waals surface area contributed by atoms with Gasteiger partial charge in [0, 0.05) is 4.70 Å². The Morgan fingerprint density at radius 1 is 0.925 bits per heavy atom.